The van der Waals surface area contributed by atoms with Crippen molar-refractivity contribution in [2.24, 2.45) is 0 Å². The highest BCUT2D eigenvalue weighted by atomic mass is 35.5. The van der Waals surface area contributed by atoms with Crippen molar-refractivity contribution < 1.29 is 23.5 Å². The Morgan fingerprint density at radius 3 is 2.61 bits per heavy atom. The van der Waals surface area contributed by atoms with Crippen LogP contribution in [0.15, 0.2) is 72.3 Å². The molecule has 4 rings (SSSR count). The number of carbonyl (C=O) groups is 3. The Labute approximate surface area is 194 Å². The molecule has 1 aliphatic heterocycles. The van der Waals surface area contributed by atoms with Crippen LogP contribution in [-0.2, 0) is 16.2 Å². The largest absolute Gasteiger partial charge is 0.489 e. The van der Waals surface area contributed by atoms with E-state index in [1.54, 1.807) is 55.5 Å². The number of nitrogens with zero attached hydrogens (tertiary/aromatic N) is 1. The van der Waals surface area contributed by atoms with Gasteiger partial charge in [0.1, 0.15) is 23.7 Å². The Kier molecular flexibility index (Phi) is 6.24. The van der Waals surface area contributed by atoms with Crippen LogP contribution in [0.5, 0.6) is 5.75 Å². The van der Waals surface area contributed by atoms with E-state index in [0.717, 1.165) is 4.90 Å². The van der Waals surface area contributed by atoms with E-state index < -0.39 is 17.8 Å². The number of aryl methyl sites for hydroxylation is 1. The van der Waals surface area contributed by atoms with Crippen LogP contribution >= 0.6 is 11.6 Å². The number of ether oxygens (including phenoxy) is 1. The molecule has 0 saturated carbocycles. The van der Waals surface area contributed by atoms with E-state index in [2.05, 4.69) is 5.32 Å². The van der Waals surface area contributed by atoms with Crippen molar-refractivity contribution in [1.29, 1.82) is 0 Å². The molecule has 3 aromatic rings. The zero-order valence-electron chi connectivity index (χ0n) is 17.5. The second-order valence-electron chi connectivity index (χ2n) is 7.38. The lowest BCUT2D eigenvalue weighted by atomic mass is 10.1. The molecule has 4 amide bonds. The summed E-state index contributed by atoms with van der Waals surface area (Å²) in [6, 6.07) is 16.7. The number of hydrogen-bond donors (Lipinski definition) is 1. The first-order valence-corrected chi connectivity index (χ1v) is 10.3. The number of carbonyl (C=O) groups excluding carboxylic acids is 3. The van der Waals surface area contributed by atoms with Gasteiger partial charge in [0, 0.05) is 5.02 Å². The summed E-state index contributed by atoms with van der Waals surface area (Å²) in [5, 5.41) is 2.54. The SMILES string of the molecule is Cc1ccc(Cl)cc1N1C(=O)NC(=O)/C(=C/c2cccc(OCc3cccc(F)c3)c2)C1=O. The Morgan fingerprint density at radius 1 is 1.03 bits per heavy atom. The molecule has 166 valence electrons. The zero-order valence-corrected chi connectivity index (χ0v) is 18.2. The van der Waals surface area contributed by atoms with Crippen molar-refractivity contribution in [3.63, 3.8) is 0 Å². The van der Waals surface area contributed by atoms with E-state index in [-0.39, 0.29) is 23.7 Å². The van der Waals surface area contributed by atoms with Crippen molar-refractivity contribution >= 4 is 41.2 Å². The van der Waals surface area contributed by atoms with Gasteiger partial charge in [0.05, 0.1) is 5.69 Å². The maximum atomic E-state index is 13.4. The van der Waals surface area contributed by atoms with Gasteiger partial charge >= 0.3 is 6.03 Å². The highest BCUT2D eigenvalue weighted by Crippen LogP contribution is 2.28. The molecule has 0 unspecified atom stereocenters. The molecule has 1 saturated heterocycles. The fraction of sp³-hybridized carbons (Fsp3) is 0.0800. The fourth-order valence-electron chi connectivity index (χ4n) is 3.35. The van der Waals surface area contributed by atoms with Crippen molar-refractivity contribution in [3.8, 4) is 5.75 Å². The third-order valence-electron chi connectivity index (χ3n) is 4.98. The lowest BCUT2D eigenvalue weighted by Crippen LogP contribution is -2.54. The lowest BCUT2D eigenvalue weighted by Gasteiger charge is -2.27. The highest BCUT2D eigenvalue weighted by molar-refractivity contribution is 6.39. The molecule has 8 heteroatoms. The van der Waals surface area contributed by atoms with Gasteiger partial charge in [0.2, 0.25) is 0 Å². The number of amides is 4. The summed E-state index contributed by atoms with van der Waals surface area (Å²) in [4.78, 5) is 38.9. The maximum absolute atomic E-state index is 13.4. The highest BCUT2D eigenvalue weighted by Gasteiger charge is 2.37. The first-order valence-electron chi connectivity index (χ1n) is 9.97. The van der Waals surface area contributed by atoms with Crippen LogP contribution in [0.4, 0.5) is 14.9 Å². The van der Waals surface area contributed by atoms with Crippen molar-refractivity contribution in [2.45, 2.75) is 13.5 Å². The monoisotopic (exact) mass is 464 g/mol. The molecular formula is C25H18ClFN2O4. The minimum absolute atomic E-state index is 0.146. The van der Waals surface area contributed by atoms with Gasteiger partial charge in [-0.15, -0.1) is 0 Å². The van der Waals surface area contributed by atoms with Gasteiger partial charge in [-0.1, -0.05) is 41.9 Å². The maximum Gasteiger partial charge on any atom is 0.335 e. The standard InChI is InChI=1S/C25H18ClFN2O4/c1-15-8-9-18(26)13-22(15)29-24(31)21(23(30)28-25(29)32)12-16-4-3-7-20(11-16)33-14-17-5-2-6-19(27)10-17/h2-13H,14H2,1H3,(H,28,30,32)/b21-12-. The Morgan fingerprint density at radius 2 is 1.82 bits per heavy atom. The molecule has 1 aliphatic rings. The molecule has 0 aliphatic carbocycles. The summed E-state index contributed by atoms with van der Waals surface area (Å²) in [5.41, 5.74) is 1.89. The van der Waals surface area contributed by atoms with Crippen molar-refractivity contribution in [1.82, 2.24) is 5.32 Å². The molecule has 1 fully saturated rings. The summed E-state index contributed by atoms with van der Waals surface area (Å²) in [6.07, 6.45) is 1.38. The number of benzene rings is 3. The summed E-state index contributed by atoms with van der Waals surface area (Å²) >= 11 is 6.04. The summed E-state index contributed by atoms with van der Waals surface area (Å²) in [7, 11) is 0. The number of barbiturate groups is 1. The minimum Gasteiger partial charge on any atom is -0.489 e. The van der Waals surface area contributed by atoms with Gasteiger partial charge in [0.15, 0.2) is 0 Å². The first kappa shape index (κ1) is 22.2. The number of halogens is 2. The number of imide groups is 2. The molecule has 0 aromatic heterocycles. The van der Waals surface area contributed by atoms with Gasteiger partial charge in [-0.3, -0.25) is 14.9 Å². The van der Waals surface area contributed by atoms with Crippen LogP contribution in [0.25, 0.3) is 6.08 Å². The Balaban J connectivity index is 1.60. The number of urea groups is 1. The number of rotatable bonds is 5. The van der Waals surface area contributed by atoms with Crippen LogP contribution in [0.3, 0.4) is 0 Å². The average Bonchev–Trinajstić information content (AvgIpc) is 2.78. The minimum atomic E-state index is -0.848. The van der Waals surface area contributed by atoms with Crippen LogP contribution in [0.1, 0.15) is 16.7 Å². The van der Waals surface area contributed by atoms with Crippen LogP contribution < -0.4 is 15.0 Å². The molecule has 0 atom stereocenters. The quantitative estimate of drug-likeness (QED) is 0.424. The third-order valence-corrected chi connectivity index (χ3v) is 5.21. The van der Waals surface area contributed by atoms with Crippen LogP contribution in [0, 0.1) is 12.7 Å². The van der Waals surface area contributed by atoms with Crippen molar-refractivity contribution in [2.75, 3.05) is 4.90 Å². The second-order valence-corrected chi connectivity index (χ2v) is 7.82. The zero-order chi connectivity index (χ0) is 23.5. The Bertz CT molecular complexity index is 1310. The molecular weight excluding hydrogens is 447 g/mol. The smallest absolute Gasteiger partial charge is 0.335 e. The van der Waals surface area contributed by atoms with E-state index in [9.17, 15) is 18.8 Å². The van der Waals surface area contributed by atoms with Gasteiger partial charge in [-0.25, -0.2) is 14.1 Å². The molecule has 0 bridgehead atoms. The van der Waals surface area contributed by atoms with Gasteiger partial charge < -0.3 is 4.74 Å². The van der Waals surface area contributed by atoms with Gasteiger partial charge in [-0.2, -0.15) is 0 Å². The average molecular weight is 465 g/mol. The van der Waals surface area contributed by atoms with Gasteiger partial charge in [0.25, 0.3) is 11.8 Å². The lowest BCUT2D eigenvalue weighted by molar-refractivity contribution is -0.122. The number of anilines is 1. The summed E-state index contributed by atoms with van der Waals surface area (Å²) < 4.78 is 19.1. The van der Waals surface area contributed by atoms with E-state index in [1.807, 2.05) is 0 Å². The van der Waals surface area contributed by atoms with E-state index in [4.69, 9.17) is 16.3 Å². The molecule has 3 aromatic carbocycles. The van der Waals surface area contributed by atoms with E-state index in [0.29, 0.717) is 27.5 Å². The second kappa shape index (κ2) is 9.26. The molecule has 0 spiro atoms. The number of hydrogen-bond acceptors (Lipinski definition) is 4. The van der Waals surface area contributed by atoms with E-state index >= 15 is 0 Å². The molecule has 1 heterocycles. The van der Waals surface area contributed by atoms with Gasteiger partial charge in [-0.05, 0) is 66.1 Å². The topological polar surface area (TPSA) is 75.7 Å². The fourth-order valence-corrected chi connectivity index (χ4v) is 3.52. The summed E-state index contributed by atoms with van der Waals surface area (Å²) in [5.74, 6) is -1.45. The molecule has 0 radical (unpaired) electrons. The van der Waals surface area contributed by atoms with E-state index in [1.165, 1.54) is 24.3 Å². The predicted molar refractivity (Wildman–Crippen MR) is 122 cm³/mol. The molecule has 33 heavy (non-hydrogen) atoms. The third kappa shape index (κ3) is 4.94. The Hall–Kier alpha value is -3.97. The molecule has 6 nitrogen and oxygen atoms in total. The normalized spacial score (nSPS) is 15.1. The summed E-state index contributed by atoms with van der Waals surface area (Å²) in [6.45, 7) is 1.87. The number of nitrogens with one attached hydrogen (secondary N) is 1. The van der Waals surface area contributed by atoms with Crippen LogP contribution in [0.2, 0.25) is 5.02 Å². The van der Waals surface area contributed by atoms with Crippen molar-refractivity contribution in [3.05, 3.63) is 99.8 Å². The first-order chi connectivity index (χ1) is 15.8. The molecule has 1 N–H and O–H groups in total. The van der Waals surface area contributed by atoms with Crippen LogP contribution in [-0.4, -0.2) is 17.8 Å². The predicted octanol–water partition coefficient (Wildman–Crippen LogP) is 5.03.